The van der Waals surface area contributed by atoms with Crippen LogP contribution in [0, 0.1) is 6.92 Å². The van der Waals surface area contributed by atoms with Crippen LogP contribution in [0.1, 0.15) is 21.9 Å². The third kappa shape index (κ3) is 2.65. The van der Waals surface area contributed by atoms with Gasteiger partial charge in [0.15, 0.2) is 0 Å². The van der Waals surface area contributed by atoms with Crippen LogP contribution in [0.3, 0.4) is 0 Å². The van der Waals surface area contributed by atoms with E-state index in [4.69, 9.17) is 0 Å². The predicted molar refractivity (Wildman–Crippen MR) is 77.6 cm³/mol. The Bertz CT molecular complexity index is 768. The summed E-state index contributed by atoms with van der Waals surface area (Å²) in [6.45, 7) is 2.21. The van der Waals surface area contributed by atoms with Crippen LogP contribution < -0.4 is 5.32 Å². The molecule has 0 fully saturated rings. The second kappa shape index (κ2) is 5.34. The molecule has 0 saturated carbocycles. The van der Waals surface area contributed by atoms with Crippen molar-refractivity contribution in [3.05, 3.63) is 53.1 Å². The third-order valence-electron chi connectivity index (χ3n) is 2.86. The van der Waals surface area contributed by atoms with E-state index in [1.165, 1.54) is 11.3 Å². The van der Waals surface area contributed by atoms with Crippen molar-refractivity contribution in [1.82, 2.24) is 20.3 Å². The summed E-state index contributed by atoms with van der Waals surface area (Å²) in [5.74, 6) is 0.583. The Labute approximate surface area is 119 Å². The highest BCUT2D eigenvalue weighted by Crippen LogP contribution is 2.19. The number of carbonyl (C=O) groups excluding carboxylic acids is 1. The van der Waals surface area contributed by atoms with Gasteiger partial charge < -0.3 is 5.32 Å². The second-order valence-corrected chi connectivity index (χ2v) is 5.20. The van der Waals surface area contributed by atoms with Crippen LogP contribution in [-0.4, -0.2) is 20.9 Å². The molecule has 0 aliphatic rings. The van der Waals surface area contributed by atoms with Crippen molar-refractivity contribution in [3.63, 3.8) is 0 Å². The highest BCUT2D eigenvalue weighted by atomic mass is 32.1. The highest BCUT2D eigenvalue weighted by molar-refractivity contribution is 7.16. The van der Waals surface area contributed by atoms with Gasteiger partial charge in [0.2, 0.25) is 0 Å². The molecule has 0 unspecified atom stereocenters. The Balaban J connectivity index is 1.72. The van der Waals surface area contributed by atoms with Gasteiger partial charge in [0.1, 0.15) is 5.82 Å². The van der Waals surface area contributed by atoms with Crippen molar-refractivity contribution in [2.45, 2.75) is 13.5 Å². The molecule has 6 heteroatoms. The first-order chi connectivity index (χ1) is 9.72. The van der Waals surface area contributed by atoms with Crippen LogP contribution in [0.2, 0.25) is 0 Å². The molecule has 5 nitrogen and oxygen atoms in total. The van der Waals surface area contributed by atoms with Gasteiger partial charge in [-0.3, -0.25) is 4.79 Å². The maximum absolute atomic E-state index is 12.1. The minimum Gasteiger partial charge on any atom is -0.346 e. The van der Waals surface area contributed by atoms with Crippen LogP contribution in [-0.2, 0) is 6.54 Å². The zero-order valence-corrected chi connectivity index (χ0v) is 11.6. The molecule has 0 aliphatic carbocycles. The van der Waals surface area contributed by atoms with Crippen LogP contribution in [0.15, 0.2) is 36.0 Å². The maximum atomic E-state index is 12.1. The summed E-state index contributed by atoms with van der Waals surface area (Å²) in [5, 5.41) is 2.85. The maximum Gasteiger partial charge on any atom is 0.251 e. The number of nitrogens with zero attached hydrogens (tertiary/aromatic N) is 3. The Hall–Kier alpha value is -2.34. The Morgan fingerprint density at radius 2 is 2.20 bits per heavy atom. The normalized spacial score (nSPS) is 10.7. The average Bonchev–Trinajstić information content (AvgIpc) is 2.92. The largest absolute Gasteiger partial charge is 0.346 e. The second-order valence-electron chi connectivity index (χ2n) is 4.31. The standard InChI is InChI=1S/C14H12N4OS/c1-9-15-5-4-11(18-9)7-16-14(19)10-2-3-12-13(6-10)20-8-17-12/h2-6,8H,7H2,1H3,(H,16,19). The van der Waals surface area contributed by atoms with Crippen molar-refractivity contribution < 1.29 is 4.79 Å². The van der Waals surface area contributed by atoms with Crippen molar-refractivity contribution in [2.24, 2.45) is 0 Å². The highest BCUT2D eigenvalue weighted by Gasteiger charge is 2.07. The van der Waals surface area contributed by atoms with E-state index >= 15 is 0 Å². The summed E-state index contributed by atoms with van der Waals surface area (Å²) >= 11 is 1.52. The van der Waals surface area contributed by atoms with Gasteiger partial charge in [-0.05, 0) is 31.2 Å². The molecule has 0 radical (unpaired) electrons. The van der Waals surface area contributed by atoms with Crippen LogP contribution in [0.4, 0.5) is 0 Å². The first-order valence-electron chi connectivity index (χ1n) is 6.12. The molecule has 1 amide bonds. The van der Waals surface area contributed by atoms with Crippen molar-refractivity contribution in [2.75, 3.05) is 0 Å². The number of thiazole rings is 1. The molecule has 2 aromatic heterocycles. The lowest BCUT2D eigenvalue weighted by Gasteiger charge is -2.05. The summed E-state index contributed by atoms with van der Waals surface area (Å²) in [7, 11) is 0. The van der Waals surface area contributed by atoms with Gasteiger partial charge in [-0.1, -0.05) is 0 Å². The van der Waals surface area contributed by atoms with Gasteiger partial charge in [0.25, 0.3) is 5.91 Å². The minimum atomic E-state index is -0.114. The quantitative estimate of drug-likeness (QED) is 0.801. The number of aryl methyl sites for hydroxylation is 1. The summed E-state index contributed by atoms with van der Waals surface area (Å²) in [6, 6.07) is 7.28. The lowest BCUT2D eigenvalue weighted by atomic mass is 10.2. The van der Waals surface area contributed by atoms with Gasteiger partial charge in [-0.15, -0.1) is 11.3 Å². The van der Waals surface area contributed by atoms with E-state index in [1.54, 1.807) is 23.8 Å². The molecule has 0 bridgehead atoms. The smallest absolute Gasteiger partial charge is 0.251 e. The van der Waals surface area contributed by atoms with E-state index in [0.29, 0.717) is 17.9 Å². The summed E-state index contributed by atoms with van der Waals surface area (Å²) < 4.78 is 1.01. The van der Waals surface area contributed by atoms with E-state index in [-0.39, 0.29) is 5.91 Å². The molecule has 0 aliphatic heterocycles. The lowest BCUT2D eigenvalue weighted by molar-refractivity contribution is 0.0950. The predicted octanol–water partition coefficient (Wildman–Crippen LogP) is 2.32. The number of carbonyl (C=O) groups is 1. The Morgan fingerprint density at radius 1 is 1.30 bits per heavy atom. The molecule has 100 valence electrons. The number of hydrogen-bond donors (Lipinski definition) is 1. The zero-order valence-electron chi connectivity index (χ0n) is 10.8. The molecule has 0 saturated heterocycles. The summed E-state index contributed by atoms with van der Waals surface area (Å²) in [6.07, 6.45) is 1.69. The third-order valence-corrected chi connectivity index (χ3v) is 3.65. The van der Waals surface area contributed by atoms with E-state index in [9.17, 15) is 4.79 Å². The van der Waals surface area contributed by atoms with Gasteiger partial charge in [-0.2, -0.15) is 0 Å². The molecule has 1 N–H and O–H groups in total. The molecular formula is C14H12N4OS. The summed E-state index contributed by atoms with van der Waals surface area (Å²) in [5.41, 5.74) is 4.12. The van der Waals surface area contributed by atoms with Gasteiger partial charge in [0.05, 0.1) is 28.0 Å². The molecule has 3 aromatic rings. The lowest BCUT2D eigenvalue weighted by Crippen LogP contribution is -2.23. The topological polar surface area (TPSA) is 67.8 Å². The average molecular weight is 284 g/mol. The molecule has 0 atom stereocenters. The fourth-order valence-electron chi connectivity index (χ4n) is 1.87. The number of benzene rings is 1. The minimum absolute atomic E-state index is 0.114. The van der Waals surface area contributed by atoms with E-state index in [2.05, 4.69) is 20.3 Å². The first kappa shape index (κ1) is 12.7. The Kier molecular flexibility index (Phi) is 3.39. The summed E-state index contributed by atoms with van der Waals surface area (Å²) in [4.78, 5) is 24.6. The van der Waals surface area contributed by atoms with E-state index < -0.39 is 0 Å². The zero-order chi connectivity index (χ0) is 13.9. The number of amides is 1. The molecule has 0 spiro atoms. The van der Waals surface area contributed by atoms with Crippen LogP contribution in [0.25, 0.3) is 10.2 Å². The fourth-order valence-corrected chi connectivity index (χ4v) is 2.59. The van der Waals surface area contributed by atoms with E-state index in [0.717, 1.165) is 15.9 Å². The molecular weight excluding hydrogens is 272 g/mol. The van der Waals surface area contributed by atoms with Gasteiger partial charge in [0, 0.05) is 11.8 Å². The monoisotopic (exact) mass is 284 g/mol. The molecule has 3 rings (SSSR count). The number of rotatable bonds is 3. The van der Waals surface area contributed by atoms with Crippen molar-refractivity contribution in [1.29, 1.82) is 0 Å². The molecule has 1 aromatic carbocycles. The van der Waals surface area contributed by atoms with Gasteiger partial charge in [-0.25, -0.2) is 15.0 Å². The number of nitrogens with one attached hydrogen (secondary N) is 1. The van der Waals surface area contributed by atoms with Crippen molar-refractivity contribution in [3.8, 4) is 0 Å². The van der Waals surface area contributed by atoms with E-state index in [1.807, 2.05) is 19.1 Å². The molecule has 2 heterocycles. The Morgan fingerprint density at radius 3 is 3.05 bits per heavy atom. The number of hydrogen-bond acceptors (Lipinski definition) is 5. The fraction of sp³-hybridized carbons (Fsp3) is 0.143. The van der Waals surface area contributed by atoms with Gasteiger partial charge >= 0.3 is 0 Å². The number of fused-ring (bicyclic) bond motifs is 1. The van der Waals surface area contributed by atoms with Crippen molar-refractivity contribution >= 4 is 27.5 Å². The molecule has 20 heavy (non-hydrogen) atoms. The first-order valence-corrected chi connectivity index (χ1v) is 7.00. The number of aromatic nitrogens is 3. The SMILES string of the molecule is Cc1nccc(CNC(=O)c2ccc3ncsc3c2)n1. The van der Waals surface area contributed by atoms with Crippen LogP contribution in [0.5, 0.6) is 0 Å². The van der Waals surface area contributed by atoms with Crippen LogP contribution >= 0.6 is 11.3 Å².